The summed E-state index contributed by atoms with van der Waals surface area (Å²) < 4.78 is 6.40. The number of hydrogen-bond acceptors (Lipinski definition) is 6. The maximum Gasteiger partial charge on any atom is 1.00 e. The first-order valence-electron chi connectivity index (χ1n) is 11.2. The summed E-state index contributed by atoms with van der Waals surface area (Å²) in [6.45, 7) is 13.0. The summed E-state index contributed by atoms with van der Waals surface area (Å²) in [5.41, 5.74) is 6.99. The summed E-state index contributed by atoms with van der Waals surface area (Å²) in [5.74, 6) is 0. The van der Waals surface area contributed by atoms with Crippen LogP contribution in [0.2, 0.25) is 0 Å². The van der Waals surface area contributed by atoms with E-state index < -0.39 is 0 Å². The molecule has 0 spiro atoms. The fourth-order valence-corrected chi connectivity index (χ4v) is 3.69. The average Bonchev–Trinajstić information content (AvgIpc) is 3.51. The Balaban J connectivity index is 0.00000121. The Morgan fingerprint density at radius 1 is 0.688 bits per heavy atom. The molecule has 0 atom stereocenters. The summed E-state index contributed by atoms with van der Waals surface area (Å²) in [6, 6.07) is 6.66. The summed E-state index contributed by atoms with van der Waals surface area (Å²) in [7, 11) is 0. The van der Waals surface area contributed by atoms with Crippen molar-refractivity contribution >= 4 is 0 Å². The molecule has 0 aromatic carbocycles. The SMILES string of the molecule is CCc1cc(CC)n(C(n2nc(CC)cc2CC)n2nc(CC)cc2CC)n1.O=N[O-].[Cu+]. The van der Waals surface area contributed by atoms with Crippen LogP contribution in [0.15, 0.2) is 23.5 Å². The van der Waals surface area contributed by atoms with Crippen molar-refractivity contribution < 1.29 is 17.1 Å². The molecule has 0 bridgehead atoms. The molecule has 0 fully saturated rings. The average molecular weight is 492 g/mol. The molecule has 32 heavy (non-hydrogen) atoms. The van der Waals surface area contributed by atoms with Crippen LogP contribution in [0.25, 0.3) is 0 Å². The van der Waals surface area contributed by atoms with Crippen molar-refractivity contribution in [3.8, 4) is 0 Å². The molecule has 0 saturated carbocycles. The molecule has 10 heteroatoms. The topological polar surface area (TPSA) is 106 Å². The summed E-state index contributed by atoms with van der Waals surface area (Å²) in [6.07, 6.45) is 5.34. The molecule has 0 aliphatic carbocycles. The van der Waals surface area contributed by atoms with Crippen molar-refractivity contribution in [1.82, 2.24) is 29.3 Å². The van der Waals surface area contributed by atoms with Crippen LogP contribution < -0.4 is 0 Å². The monoisotopic (exact) mass is 491 g/mol. The smallest absolute Gasteiger partial charge is 0.444 e. The van der Waals surface area contributed by atoms with Gasteiger partial charge in [-0.15, -0.1) is 5.34 Å². The largest absolute Gasteiger partial charge is 1.00 e. The van der Waals surface area contributed by atoms with Crippen molar-refractivity contribution in [1.29, 1.82) is 0 Å². The molecule has 3 rings (SSSR count). The standard InChI is InChI=1S/C22H34N6.Cu.HNO2/c1-7-16-13-19(10-4)26(23-16)22(27-20(11-5)14-17(8-2)24-27)28-21(12-6)15-18(9-3)25-28;;2-1-3/h13-15,22H,7-12H2,1-6H3;;(H,2,3)/q;+1;/p-1. The third-order valence-corrected chi connectivity index (χ3v) is 5.42. The van der Waals surface area contributed by atoms with Gasteiger partial charge in [0.05, 0.1) is 17.1 Å². The molecule has 0 radical (unpaired) electrons. The van der Waals surface area contributed by atoms with Crippen LogP contribution in [0.5, 0.6) is 0 Å². The van der Waals surface area contributed by atoms with Crippen LogP contribution in [0, 0.1) is 10.1 Å². The molecule has 3 heterocycles. The van der Waals surface area contributed by atoms with E-state index >= 15 is 0 Å². The predicted molar refractivity (Wildman–Crippen MR) is 122 cm³/mol. The van der Waals surface area contributed by atoms with Gasteiger partial charge in [0, 0.05) is 17.1 Å². The molecule has 180 valence electrons. The first kappa shape index (κ1) is 27.6. The van der Waals surface area contributed by atoms with Crippen molar-refractivity contribution in [2.24, 2.45) is 5.34 Å². The first-order chi connectivity index (χ1) is 15.0. The minimum atomic E-state index is -0.208. The number of aryl methyl sites for hydroxylation is 6. The zero-order valence-electron chi connectivity index (χ0n) is 19.8. The van der Waals surface area contributed by atoms with E-state index in [0.29, 0.717) is 0 Å². The van der Waals surface area contributed by atoms with Crippen LogP contribution in [0.4, 0.5) is 0 Å². The van der Waals surface area contributed by atoms with E-state index in [1.165, 1.54) is 17.1 Å². The van der Waals surface area contributed by atoms with Crippen LogP contribution in [0.1, 0.15) is 82.0 Å². The number of rotatable bonds is 9. The van der Waals surface area contributed by atoms with E-state index in [2.05, 4.69) is 73.8 Å². The van der Waals surface area contributed by atoms with Gasteiger partial charge >= 0.3 is 17.1 Å². The van der Waals surface area contributed by atoms with Gasteiger partial charge < -0.3 is 10.1 Å². The fourth-order valence-electron chi connectivity index (χ4n) is 3.69. The molecule has 0 amide bonds. The van der Waals surface area contributed by atoms with Crippen molar-refractivity contribution in [3.63, 3.8) is 0 Å². The summed E-state index contributed by atoms with van der Waals surface area (Å²) >= 11 is 0. The summed E-state index contributed by atoms with van der Waals surface area (Å²) in [5, 5.41) is 23.9. The predicted octanol–water partition coefficient (Wildman–Crippen LogP) is 4.45. The fraction of sp³-hybridized carbons (Fsp3) is 0.591. The maximum atomic E-state index is 8.00. The Labute approximate surface area is 200 Å². The Morgan fingerprint density at radius 3 is 1.12 bits per heavy atom. The Kier molecular flexibility index (Phi) is 11.4. The van der Waals surface area contributed by atoms with E-state index in [0.717, 1.165) is 60.9 Å². The van der Waals surface area contributed by atoms with Crippen LogP contribution in [-0.2, 0) is 55.6 Å². The third kappa shape index (κ3) is 5.86. The van der Waals surface area contributed by atoms with Gasteiger partial charge in [0.1, 0.15) is 0 Å². The summed E-state index contributed by atoms with van der Waals surface area (Å²) in [4.78, 5) is 8.00. The van der Waals surface area contributed by atoms with Gasteiger partial charge in [-0.1, -0.05) is 41.5 Å². The van der Waals surface area contributed by atoms with Crippen LogP contribution in [0.3, 0.4) is 0 Å². The second-order valence-electron chi connectivity index (χ2n) is 7.26. The molecule has 0 N–H and O–H groups in total. The molecule has 9 nitrogen and oxygen atoms in total. The van der Waals surface area contributed by atoms with Crippen molar-refractivity contribution in [2.75, 3.05) is 0 Å². The van der Waals surface area contributed by atoms with E-state index in [4.69, 9.17) is 25.4 Å². The third-order valence-electron chi connectivity index (χ3n) is 5.42. The molecule has 0 unspecified atom stereocenters. The number of hydrogen-bond donors (Lipinski definition) is 0. The minimum absolute atomic E-state index is 0. The maximum absolute atomic E-state index is 8.00. The van der Waals surface area contributed by atoms with Crippen molar-refractivity contribution in [2.45, 2.75) is 86.4 Å². The molecule has 3 aromatic rings. The van der Waals surface area contributed by atoms with Gasteiger partial charge in [0.25, 0.3) is 0 Å². The Morgan fingerprint density at radius 2 is 0.938 bits per heavy atom. The zero-order chi connectivity index (χ0) is 23.0. The van der Waals surface area contributed by atoms with E-state index in [1.54, 1.807) is 0 Å². The van der Waals surface area contributed by atoms with E-state index in [1.807, 2.05) is 0 Å². The van der Waals surface area contributed by atoms with Gasteiger partial charge in [-0.3, -0.25) is 0 Å². The van der Waals surface area contributed by atoms with E-state index in [-0.39, 0.29) is 23.4 Å². The molecule has 0 aliphatic rings. The van der Waals surface area contributed by atoms with Gasteiger partial charge in [-0.2, -0.15) is 15.3 Å². The van der Waals surface area contributed by atoms with Crippen LogP contribution >= 0.6 is 0 Å². The Bertz CT molecular complexity index is 858. The number of aromatic nitrogens is 6. The normalized spacial score (nSPS) is 10.6. The second-order valence-corrected chi connectivity index (χ2v) is 7.26. The second kappa shape index (κ2) is 13.2. The van der Waals surface area contributed by atoms with Gasteiger partial charge in [-0.05, 0) is 56.7 Å². The Hall–Kier alpha value is -2.45. The van der Waals surface area contributed by atoms with Gasteiger partial charge in [0.15, 0.2) is 0 Å². The number of nitrogens with zero attached hydrogens (tertiary/aromatic N) is 7. The molecular formula is C22H34CuN7O2. The molecule has 3 aromatic heterocycles. The van der Waals surface area contributed by atoms with Crippen molar-refractivity contribution in [3.05, 3.63) is 62.5 Å². The zero-order valence-corrected chi connectivity index (χ0v) is 20.7. The minimum Gasteiger partial charge on any atom is -0.444 e. The van der Waals surface area contributed by atoms with Crippen LogP contribution in [-0.4, -0.2) is 29.3 Å². The van der Waals surface area contributed by atoms with Gasteiger partial charge in [0.2, 0.25) is 6.29 Å². The molecule has 0 aliphatic heterocycles. The van der Waals surface area contributed by atoms with Gasteiger partial charge in [-0.25, -0.2) is 14.0 Å². The van der Waals surface area contributed by atoms with E-state index in [9.17, 15) is 0 Å². The quantitative estimate of drug-likeness (QED) is 0.249. The first-order valence-corrected chi connectivity index (χ1v) is 11.2. The molecular weight excluding hydrogens is 458 g/mol. The molecule has 0 saturated heterocycles.